The van der Waals surface area contributed by atoms with E-state index in [4.69, 9.17) is 4.74 Å². The van der Waals surface area contributed by atoms with Crippen molar-refractivity contribution in [3.8, 4) is 0 Å². The monoisotopic (exact) mass is 247 g/mol. The summed E-state index contributed by atoms with van der Waals surface area (Å²) in [6.45, 7) is 5.26. The van der Waals surface area contributed by atoms with Crippen LogP contribution in [0.2, 0.25) is 0 Å². The smallest absolute Gasteiger partial charge is 0.437 e. The van der Waals surface area contributed by atoms with Gasteiger partial charge in [0, 0.05) is 6.20 Å². The number of hydrogen-bond acceptors (Lipinski definition) is 5. The van der Waals surface area contributed by atoms with Crippen LogP contribution in [0.5, 0.6) is 0 Å². The lowest BCUT2D eigenvalue weighted by Gasteiger charge is -2.18. The van der Waals surface area contributed by atoms with Gasteiger partial charge in [-0.15, -0.1) is 4.68 Å². The fraction of sp³-hybridized carbons (Fsp3) is 0.333. The van der Waals surface area contributed by atoms with E-state index in [2.05, 4.69) is 10.1 Å². The number of hydrogen-bond donors (Lipinski definition) is 0. The van der Waals surface area contributed by atoms with Gasteiger partial charge in [0.2, 0.25) is 0 Å². The van der Waals surface area contributed by atoms with Crippen molar-refractivity contribution in [3.63, 3.8) is 0 Å². The van der Waals surface area contributed by atoms with Crippen molar-refractivity contribution in [1.29, 1.82) is 0 Å². The molecule has 0 bridgehead atoms. The Bertz CT molecular complexity index is 611. The lowest BCUT2D eigenvalue weighted by molar-refractivity contribution is 0.0521. The third-order valence-electron chi connectivity index (χ3n) is 2.15. The minimum absolute atomic E-state index is 0.170. The number of aldehydes is 1. The molecule has 2 aromatic heterocycles. The van der Waals surface area contributed by atoms with E-state index in [9.17, 15) is 9.59 Å². The number of aromatic nitrogens is 3. The molecule has 0 aliphatic carbocycles. The molecule has 6 heteroatoms. The van der Waals surface area contributed by atoms with Crippen molar-refractivity contribution in [2.24, 2.45) is 0 Å². The average Bonchev–Trinajstić information content (AvgIpc) is 2.65. The van der Waals surface area contributed by atoms with E-state index in [1.807, 2.05) is 0 Å². The summed E-state index contributed by atoms with van der Waals surface area (Å²) in [7, 11) is 0. The van der Waals surface area contributed by atoms with Gasteiger partial charge in [-0.1, -0.05) is 0 Å². The molecule has 0 aliphatic rings. The highest BCUT2D eigenvalue weighted by molar-refractivity contribution is 5.96. The maximum Gasteiger partial charge on any atom is 0.437 e. The molecule has 0 amide bonds. The predicted octanol–water partition coefficient (Wildman–Crippen LogP) is 2.03. The summed E-state index contributed by atoms with van der Waals surface area (Å²) < 4.78 is 6.20. The Hall–Kier alpha value is -2.24. The van der Waals surface area contributed by atoms with E-state index >= 15 is 0 Å². The quantitative estimate of drug-likeness (QED) is 0.721. The molecule has 0 saturated heterocycles. The molecular weight excluding hydrogens is 234 g/mol. The zero-order valence-electron chi connectivity index (χ0n) is 10.4. The van der Waals surface area contributed by atoms with E-state index in [-0.39, 0.29) is 5.69 Å². The van der Waals surface area contributed by atoms with E-state index in [0.29, 0.717) is 17.3 Å². The molecule has 18 heavy (non-hydrogen) atoms. The summed E-state index contributed by atoms with van der Waals surface area (Å²) in [5, 5.41) is 4.43. The van der Waals surface area contributed by atoms with Gasteiger partial charge in [-0.05, 0) is 32.9 Å². The second kappa shape index (κ2) is 4.21. The van der Waals surface area contributed by atoms with Crippen molar-refractivity contribution in [2.45, 2.75) is 26.4 Å². The summed E-state index contributed by atoms with van der Waals surface area (Å²) in [6, 6.07) is 3.36. The first-order chi connectivity index (χ1) is 8.42. The Kier molecular flexibility index (Phi) is 2.86. The molecule has 0 unspecified atom stereocenters. The average molecular weight is 247 g/mol. The van der Waals surface area contributed by atoms with Crippen LogP contribution in [0.1, 0.15) is 31.3 Å². The number of nitrogens with zero attached hydrogens (tertiary/aromatic N) is 3. The summed E-state index contributed by atoms with van der Waals surface area (Å²) in [5.41, 5.74) is -0.149. The topological polar surface area (TPSA) is 74.1 Å². The van der Waals surface area contributed by atoms with Gasteiger partial charge in [0.25, 0.3) is 0 Å². The van der Waals surface area contributed by atoms with Crippen LogP contribution in [0.15, 0.2) is 18.3 Å². The Labute approximate surface area is 104 Å². The first-order valence-corrected chi connectivity index (χ1v) is 5.44. The largest absolute Gasteiger partial charge is 0.442 e. The van der Waals surface area contributed by atoms with Gasteiger partial charge in [0.15, 0.2) is 11.9 Å². The minimum Gasteiger partial charge on any atom is -0.442 e. The normalized spacial score (nSPS) is 11.5. The Balaban J connectivity index is 2.51. The molecule has 2 aromatic rings. The zero-order valence-corrected chi connectivity index (χ0v) is 10.4. The molecule has 0 saturated carbocycles. The van der Waals surface area contributed by atoms with E-state index in [1.54, 1.807) is 32.9 Å². The van der Waals surface area contributed by atoms with Gasteiger partial charge in [0.05, 0.1) is 5.39 Å². The summed E-state index contributed by atoms with van der Waals surface area (Å²) in [5.74, 6) is 0. The molecule has 0 fully saturated rings. The Morgan fingerprint density at radius 2 is 2.17 bits per heavy atom. The second-order valence-corrected chi connectivity index (χ2v) is 4.77. The van der Waals surface area contributed by atoms with Crippen molar-refractivity contribution in [2.75, 3.05) is 0 Å². The highest BCUT2D eigenvalue weighted by Crippen LogP contribution is 2.16. The molecule has 6 nitrogen and oxygen atoms in total. The molecule has 0 atom stereocenters. The minimum atomic E-state index is -0.653. The molecule has 0 N–H and O–H groups in total. The third-order valence-corrected chi connectivity index (χ3v) is 2.15. The lowest BCUT2D eigenvalue weighted by Crippen LogP contribution is -2.28. The molecular formula is C12H13N3O3. The maximum atomic E-state index is 11.9. The van der Waals surface area contributed by atoms with Crippen LogP contribution < -0.4 is 0 Å². The molecule has 0 aromatic carbocycles. The number of fused-ring (bicyclic) bond motifs is 1. The SMILES string of the molecule is CC(C)(C)OC(=O)n1nc(C=O)c2cccnc21. The number of carbonyl (C=O) groups excluding carboxylic acids is 2. The van der Waals surface area contributed by atoms with E-state index in [0.717, 1.165) is 4.68 Å². The molecule has 94 valence electrons. The molecule has 0 radical (unpaired) electrons. The molecule has 2 heterocycles. The first-order valence-electron chi connectivity index (χ1n) is 5.44. The van der Waals surface area contributed by atoms with Gasteiger partial charge in [-0.2, -0.15) is 5.10 Å². The van der Waals surface area contributed by atoms with Gasteiger partial charge in [0.1, 0.15) is 11.3 Å². The Morgan fingerprint density at radius 1 is 1.44 bits per heavy atom. The number of pyridine rings is 1. The first kappa shape index (κ1) is 12.2. The van der Waals surface area contributed by atoms with Crippen LogP contribution in [0, 0.1) is 0 Å². The van der Waals surface area contributed by atoms with Gasteiger partial charge in [-0.3, -0.25) is 4.79 Å². The second-order valence-electron chi connectivity index (χ2n) is 4.77. The van der Waals surface area contributed by atoms with Crippen LogP contribution in [0.3, 0.4) is 0 Å². The summed E-state index contributed by atoms with van der Waals surface area (Å²) >= 11 is 0. The van der Waals surface area contributed by atoms with Crippen molar-refractivity contribution >= 4 is 23.4 Å². The van der Waals surface area contributed by atoms with Crippen molar-refractivity contribution in [1.82, 2.24) is 14.8 Å². The predicted molar refractivity (Wildman–Crippen MR) is 64.5 cm³/mol. The number of ether oxygens (including phenoxy) is 1. The van der Waals surface area contributed by atoms with Crippen molar-refractivity contribution in [3.05, 3.63) is 24.0 Å². The Morgan fingerprint density at radius 3 is 2.78 bits per heavy atom. The van der Waals surface area contributed by atoms with E-state index < -0.39 is 11.7 Å². The highest BCUT2D eigenvalue weighted by atomic mass is 16.6. The van der Waals surface area contributed by atoms with Crippen LogP contribution in [-0.4, -0.2) is 32.7 Å². The number of carbonyl (C=O) groups is 2. The van der Waals surface area contributed by atoms with Gasteiger partial charge in [-0.25, -0.2) is 9.78 Å². The van der Waals surface area contributed by atoms with Crippen LogP contribution in [0.25, 0.3) is 11.0 Å². The lowest BCUT2D eigenvalue weighted by atomic mass is 10.2. The van der Waals surface area contributed by atoms with Crippen LogP contribution >= 0.6 is 0 Å². The fourth-order valence-electron chi connectivity index (χ4n) is 1.49. The summed E-state index contributed by atoms with van der Waals surface area (Å²) in [6.07, 6.45) is 1.46. The maximum absolute atomic E-state index is 11.9. The van der Waals surface area contributed by atoms with Crippen molar-refractivity contribution < 1.29 is 14.3 Å². The molecule has 2 rings (SSSR count). The number of rotatable bonds is 1. The van der Waals surface area contributed by atoms with Crippen LogP contribution in [-0.2, 0) is 4.74 Å². The molecule has 0 spiro atoms. The fourth-order valence-corrected chi connectivity index (χ4v) is 1.49. The summed E-state index contributed by atoms with van der Waals surface area (Å²) in [4.78, 5) is 26.9. The van der Waals surface area contributed by atoms with E-state index in [1.165, 1.54) is 6.20 Å². The molecule has 0 aliphatic heterocycles. The van der Waals surface area contributed by atoms with Gasteiger partial charge < -0.3 is 4.74 Å². The van der Waals surface area contributed by atoms with Crippen LogP contribution in [0.4, 0.5) is 4.79 Å². The highest BCUT2D eigenvalue weighted by Gasteiger charge is 2.22. The van der Waals surface area contributed by atoms with Gasteiger partial charge >= 0.3 is 6.09 Å². The third kappa shape index (κ3) is 2.22. The standard InChI is InChI=1S/C12H13N3O3/c1-12(2,3)18-11(17)15-10-8(5-4-6-13-10)9(7-16)14-15/h4-7H,1-3H3. The zero-order chi connectivity index (χ0) is 13.3.